The number of aromatic nitrogens is 1. The van der Waals surface area contributed by atoms with Gasteiger partial charge in [0.25, 0.3) is 0 Å². The van der Waals surface area contributed by atoms with Gasteiger partial charge in [-0.25, -0.2) is 4.98 Å². The molecular weight excluding hydrogens is 298 g/mol. The lowest BCUT2D eigenvalue weighted by Crippen LogP contribution is -2.39. The minimum atomic E-state index is 0.0172. The highest BCUT2D eigenvalue weighted by atomic mass is 33.1. The number of pyridine rings is 1. The standard InChI is InChI=1S/C16H27N3S2/c1-11-8-12(2)14(19-10-11)20-21-16(5,6)15(3,4)9-13(17)18-7/h8,10H,9H2,1-7H3,(H2,17,18). The van der Waals surface area contributed by atoms with E-state index < -0.39 is 0 Å². The average Bonchev–Trinajstić information content (AvgIpc) is 2.36. The number of rotatable bonds is 6. The molecule has 0 amide bonds. The topological polar surface area (TPSA) is 48.8 Å². The Morgan fingerprint density at radius 1 is 1.29 bits per heavy atom. The molecule has 0 bridgehead atoms. The molecule has 1 aromatic rings. The maximum absolute atomic E-state index is 7.89. The van der Waals surface area contributed by atoms with Crippen molar-refractivity contribution in [3.05, 3.63) is 23.4 Å². The minimum absolute atomic E-state index is 0.0172. The summed E-state index contributed by atoms with van der Waals surface area (Å²) in [7, 11) is 5.39. The average molecular weight is 326 g/mol. The van der Waals surface area contributed by atoms with Crippen LogP contribution in [0.3, 0.4) is 0 Å². The Hall–Kier alpha value is -0.680. The van der Waals surface area contributed by atoms with Crippen molar-refractivity contribution in [1.29, 1.82) is 5.41 Å². The molecule has 118 valence electrons. The first-order chi connectivity index (χ1) is 9.59. The maximum atomic E-state index is 7.89. The summed E-state index contributed by atoms with van der Waals surface area (Å²) < 4.78 is 0.0276. The molecule has 0 aliphatic carbocycles. The normalized spacial score (nSPS) is 12.3. The van der Waals surface area contributed by atoms with Crippen LogP contribution in [-0.2, 0) is 0 Å². The van der Waals surface area contributed by atoms with Crippen molar-refractivity contribution in [2.24, 2.45) is 5.41 Å². The summed E-state index contributed by atoms with van der Waals surface area (Å²) in [6.45, 7) is 13.1. The van der Waals surface area contributed by atoms with Crippen LogP contribution in [0, 0.1) is 24.7 Å². The van der Waals surface area contributed by atoms with Crippen molar-refractivity contribution >= 4 is 27.4 Å². The molecule has 0 spiro atoms. The van der Waals surface area contributed by atoms with Crippen LogP contribution in [0.4, 0.5) is 0 Å². The molecule has 21 heavy (non-hydrogen) atoms. The van der Waals surface area contributed by atoms with E-state index in [1.807, 2.05) is 24.0 Å². The summed E-state index contributed by atoms with van der Waals surface area (Å²) in [5.41, 5.74) is 2.44. The van der Waals surface area contributed by atoms with Gasteiger partial charge in [0.05, 0.1) is 5.84 Å². The molecule has 0 aliphatic heterocycles. The molecule has 0 saturated heterocycles. The monoisotopic (exact) mass is 325 g/mol. The Balaban J connectivity index is 2.77. The van der Waals surface area contributed by atoms with E-state index in [0.717, 1.165) is 11.4 Å². The molecule has 1 rings (SSSR count). The van der Waals surface area contributed by atoms with E-state index in [0.29, 0.717) is 5.84 Å². The van der Waals surface area contributed by atoms with Crippen LogP contribution >= 0.6 is 21.6 Å². The van der Waals surface area contributed by atoms with Crippen LogP contribution < -0.4 is 5.32 Å². The van der Waals surface area contributed by atoms with Gasteiger partial charge in [0.15, 0.2) is 0 Å². The third-order valence-electron chi connectivity index (χ3n) is 4.05. The molecule has 1 heterocycles. The molecule has 1 aromatic heterocycles. The third-order valence-corrected chi connectivity index (χ3v) is 7.66. The molecule has 0 aromatic carbocycles. The van der Waals surface area contributed by atoms with Gasteiger partial charge >= 0.3 is 0 Å². The van der Waals surface area contributed by atoms with Crippen LogP contribution in [0.2, 0.25) is 0 Å². The second kappa shape index (κ2) is 7.05. The molecule has 2 N–H and O–H groups in total. The SMILES string of the molecule is CNC(=N)CC(C)(C)C(C)(C)SSc1ncc(C)cc1C. The fourth-order valence-corrected chi connectivity index (χ4v) is 4.72. The van der Waals surface area contributed by atoms with E-state index in [1.54, 1.807) is 10.8 Å². The fourth-order valence-electron chi connectivity index (χ4n) is 1.79. The van der Waals surface area contributed by atoms with E-state index in [9.17, 15) is 0 Å². The zero-order valence-electron chi connectivity index (χ0n) is 14.1. The molecule has 0 atom stereocenters. The van der Waals surface area contributed by atoms with E-state index in [1.165, 1.54) is 11.1 Å². The van der Waals surface area contributed by atoms with Gasteiger partial charge in [-0.05, 0) is 55.0 Å². The summed E-state index contributed by atoms with van der Waals surface area (Å²) in [6.07, 6.45) is 2.66. The maximum Gasteiger partial charge on any atom is 0.109 e. The van der Waals surface area contributed by atoms with Crippen molar-refractivity contribution in [2.75, 3.05) is 7.05 Å². The first-order valence-corrected chi connectivity index (χ1v) is 9.28. The highest BCUT2D eigenvalue weighted by Gasteiger charge is 2.38. The van der Waals surface area contributed by atoms with Crippen molar-refractivity contribution in [2.45, 2.75) is 57.7 Å². The van der Waals surface area contributed by atoms with Gasteiger partial charge < -0.3 is 5.32 Å². The first kappa shape index (κ1) is 18.4. The van der Waals surface area contributed by atoms with Crippen LogP contribution in [0.5, 0.6) is 0 Å². The van der Waals surface area contributed by atoms with Crippen LogP contribution in [0.25, 0.3) is 0 Å². The number of nitrogens with zero attached hydrogens (tertiary/aromatic N) is 1. The fraction of sp³-hybridized carbons (Fsp3) is 0.625. The summed E-state index contributed by atoms with van der Waals surface area (Å²) in [4.78, 5) is 4.53. The molecule has 0 unspecified atom stereocenters. The summed E-state index contributed by atoms with van der Waals surface area (Å²) in [5.74, 6) is 0.586. The molecule has 0 saturated carbocycles. The lowest BCUT2D eigenvalue weighted by Gasteiger charge is -2.40. The number of hydrogen-bond acceptors (Lipinski definition) is 4. The molecule has 0 radical (unpaired) electrons. The van der Waals surface area contributed by atoms with E-state index in [-0.39, 0.29) is 10.2 Å². The van der Waals surface area contributed by atoms with Crippen molar-refractivity contribution in [3.8, 4) is 0 Å². The Kier molecular flexibility index (Phi) is 6.17. The second-order valence-corrected chi connectivity index (χ2v) is 9.34. The van der Waals surface area contributed by atoms with Crippen molar-refractivity contribution < 1.29 is 0 Å². The summed E-state index contributed by atoms with van der Waals surface area (Å²) in [5, 5.41) is 11.9. The Bertz CT molecular complexity index is 510. The number of nitrogens with one attached hydrogen (secondary N) is 2. The van der Waals surface area contributed by atoms with Crippen LogP contribution in [0.15, 0.2) is 17.3 Å². The second-order valence-electron chi connectivity index (χ2n) is 6.60. The number of hydrogen-bond donors (Lipinski definition) is 2. The third kappa shape index (κ3) is 4.92. The molecule has 3 nitrogen and oxygen atoms in total. The predicted molar refractivity (Wildman–Crippen MR) is 96.4 cm³/mol. The van der Waals surface area contributed by atoms with Gasteiger partial charge in [-0.2, -0.15) is 0 Å². The Labute approximate surface area is 137 Å². The molecule has 5 heteroatoms. The van der Waals surface area contributed by atoms with Gasteiger partial charge in [0, 0.05) is 24.4 Å². The number of amidine groups is 1. The van der Waals surface area contributed by atoms with Gasteiger partial charge in [-0.1, -0.05) is 30.7 Å². The van der Waals surface area contributed by atoms with E-state index in [4.69, 9.17) is 5.41 Å². The van der Waals surface area contributed by atoms with Crippen LogP contribution in [-0.4, -0.2) is 22.6 Å². The predicted octanol–water partition coefficient (Wildman–Crippen LogP) is 4.83. The molecule has 0 aliphatic rings. The highest BCUT2D eigenvalue weighted by molar-refractivity contribution is 8.77. The zero-order valence-corrected chi connectivity index (χ0v) is 15.8. The van der Waals surface area contributed by atoms with Gasteiger partial charge in [0.1, 0.15) is 5.03 Å². The van der Waals surface area contributed by atoms with E-state index in [2.05, 4.69) is 57.9 Å². The Morgan fingerprint density at radius 2 is 1.90 bits per heavy atom. The Morgan fingerprint density at radius 3 is 2.43 bits per heavy atom. The largest absolute Gasteiger partial charge is 0.377 e. The molecule has 0 fully saturated rings. The lowest BCUT2D eigenvalue weighted by atomic mass is 9.77. The van der Waals surface area contributed by atoms with Crippen molar-refractivity contribution in [3.63, 3.8) is 0 Å². The summed E-state index contributed by atoms with van der Waals surface area (Å²) >= 11 is 0. The van der Waals surface area contributed by atoms with Crippen molar-refractivity contribution in [1.82, 2.24) is 10.3 Å². The van der Waals surface area contributed by atoms with Crippen LogP contribution in [0.1, 0.15) is 45.2 Å². The van der Waals surface area contributed by atoms with Gasteiger partial charge in [0.2, 0.25) is 0 Å². The van der Waals surface area contributed by atoms with Gasteiger partial charge in [-0.3, -0.25) is 5.41 Å². The molecular formula is C16H27N3S2. The zero-order chi connectivity index (χ0) is 16.3. The highest BCUT2D eigenvalue weighted by Crippen LogP contribution is 2.51. The van der Waals surface area contributed by atoms with E-state index >= 15 is 0 Å². The quantitative estimate of drug-likeness (QED) is 0.447. The smallest absolute Gasteiger partial charge is 0.109 e. The first-order valence-electron chi connectivity index (χ1n) is 7.13. The number of aryl methyl sites for hydroxylation is 2. The summed E-state index contributed by atoms with van der Waals surface area (Å²) in [6, 6.07) is 2.17. The van der Waals surface area contributed by atoms with Gasteiger partial charge in [-0.15, -0.1) is 0 Å². The minimum Gasteiger partial charge on any atom is -0.377 e. The lowest BCUT2D eigenvalue weighted by molar-refractivity contribution is 0.295.